The molecule has 0 amide bonds. The summed E-state index contributed by atoms with van der Waals surface area (Å²) in [6.07, 6.45) is 0.820. The predicted molar refractivity (Wildman–Crippen MR) is 77.2 cm³/mol. The van der Waals surface area contributed by atoms with Crippen LogP contribution in [0, 0.1) is 5.41 Å². The molecular weight excluding hydrogens is 244 g/mol. The molecule has 1 aliphatic rings. The normalized spacial score (nSPS) is 26.9. The molecule has 0 aliphatic carbocycles. The van der Waals surface area contributed by atoms with Crippen molar-refractivity contribution in [2.75, 3.05) is 18.1 Å². The maximum atomic E-state index is 10.8. The summed E-state index contributed by atoms with van der Waals surface area (Å²) in [7, 11) is 0. The zero-order valence-electron chi connectivity index (χ0n) is 11.4. The number of aliphatic hydroxyl groups is 1. The number of hydrogen-bond donors (Lipinski definition) is 1. The zero-order chi connectivity index (χ0) is 13.2. The molecule has 2 nitrogen and oxygen atoms in total. The molecule has 0 radical (unpaired) electrons. The average molecular weight is 266 g/mol. The fourth-order valence-corrected chi connectivity index (χ4v) is 3.97. The van der Waals surface area contributed by atoms with Gasteiger partial charge in [0.1, 0.15) is 5.75 Å². The van der Waals surface area contributed by atoms with Crippen LogP contribution in [0.25, 0.3) is 0 Å². The minimum absolute atomic E-state index is 0.191. The van der Waals surface area contributed by atoms with Gasteiger partial charge in [-0.3, -0.25) is 0 Å². The number of benzene rings is 1. The van der Waals surface area contributed by atoms with E-state index in [0.717, 1.165) is 29.2 Å². The average Bonchev–Trinajstić information content (AvgIpc) is 2.28. The topological polar surface area (TPSA) is 29.5 Å². The van der Waals surface area contributed by atoms with Crippen molar-refractivity contribution in [1.82, 2.24) is 0 Å². The second-order valence-electron chi connectivity index (χ2n) is 5.82. The van der Waals surface area contributed by atoms with Crippen molar-refractivity contribution in [3.63, 3.8) is 0 Å². The molecule has 1 N–H and O–H groups in total. The summed E-state index contributed by atoms with van der Waals surface area (Å²) in [4.78, 5) is 0. The van der Waals surface area contributed by atoms with Crippen LogP contribution in [0.5, 0.6) is 5.75 Å². The van der Waals surface area contributed by atoms with Gasteiger partial charge in [-0.2, -0.15) is 11.8 Å². The molecule has 0 aromatic heterocycles. The highest BCUT2D eigenvalue weighted by Crippen LogP contribution is 2.44. The standard InChI is InChI=1S/C15H22O2S/c1-4-17-13-7-5-12(6-8-13)15(16)9-14(2,3)10-18-11-15/h5-8,16H,4,9-11H2,1-3H3. The molecule has 1 unspecified atom stereocenters. The van der Waals surface area contributed by atoms with Crippen molar-refractivity contribution >= 4 is 11.8 Å². The van der Waals surface area contributed by atoms with Crippen molar-refractivity contribution in [1.29, 1.82) is 0 Å². The van der Waals surface area contributed by atoms with Gasteiger partial charge < -0.3 is 9.84 Å². The lowest BCUT2D eigenvalue weighted by Gasteiger charge is -2.41. The molecule has 18 heavy (non-hydrogen) atoms. The van der Waals surface area contributed by atoms with E-state index < -0.39 is 5.60 Å². The van der Waals surface area contributed by atoms with Gasteiger partial charge in [0, 0.05) is 5.75 Å². The van der Waals surface area contributed by atoms with Gasteiger partial charge in [0.2, 0.25) is 0 Å². The van der Waals surface area contributed by atoms with Crippen LogP contribution in [0.1, 0.15) is 32.8 Å². The third-order valence-corrected chi connectivity index (χ3v) is 4.97. The lowest BCUT2D eigenvalue weighted by atomic mass is 9.78. The Kier molecular flexibility index (Phi) is 3.93. The predicted octanol–water partition coefficient (Wildman–Crippen LogP) is 3.44. The van der Waals surface area contributed by atoms with Crippen molar-refractivity contribution in [3.05, 3.63) is 29.8 Å². The molecule has 0 bridgehead atoms. The molecule has 1 aliphatic heterocycles. The van der Waals surface area contributed by atoms with Crippen molar-refractivity contribution in [2.24, 2.45) is 5.41 Å². The molecule has 1 saturated heterocycles. The number of rotatable bonds is 3. The molecule has 1 heterocycles. The summed E-state index contributed by atoms with van der Waals surface area (Å²) in [5, 5.41) is 10.8. The third kappa shape index (κ3) is 3.01. The molecule has 1 aromatic rings. The summed E-state index contributed by atoms with van der Waals surface area (Å²) in [5.41, 5.74) is 0.499. The van der Waals surface area contributed by atoms with Gasteiger partial charge in [-0.25, -0.2) is 0 Å². The quantitative estimate of drug-likeness (QED) is 0.909. The van der Waals surface area contributed by atoms with E-state index >= 15 is 0 Å². The molecular formula is C15H22O2S. The molecule has 0 saturated carbocycles. The lowest BCUT2D eigenvalue weighted by Crippen LogP contribution is -2.40. The van der Waals surface area contributed by atoms with E-state index in [1.54, 1.807) is 0 Å². The first-order valence-corrected chi connectivity index (χ1v) is 7.64. The first-order valence-electron chi connectivity index (χ1n) is 6.49. The summed E-state index contributed by atoms with van der Waals surface area (Å²) < 4.78 is 5.44. The van der Waals surface area contributed by atoms with Gasteiger partial charge in [0.05, 0.1) is 12.2 Å². The lowest BCUT2D eigenvalue weighted by molar-refractivity contribution is 0.0156. The fourth-order valence-electron chi connectivity index (χ4n) is 2.60. The van der Waals surface area contributed by atoms with Crippen LogP contribution in [0.4, 0.5) is 0 Å². The summed E-state index contributed by atoms with van der Waals surface area (Å²) in [6.45, 7) is 7.09. The Morgan fingerprint density at radius 2 is 1.89 bits per heavy atom. The van der Waals surface area contributed by atoms with Gasteiger partial charge >= 0.3 is 0 Å². The van der Waals surface area contributed by atoms with E-state index in [1.807, 2.05) is 43.0 Å². The van der Waals surface area contributed by atoms with E-state index in [9.17, 15) is 5.11 Å². The van der Waals surface area contributed by atoms with Crippen molar-refractivity contribution < 1.29 is 9.84 Å². The van der Waals surface area contributed by atoms with Gasteiger partial charge in [-0.15, -0.1) is 0 Å². The summed E-state index contributed by atoms with van der Waals surface area (Å²) in [6, 6.07) is 7.88. The first kappa shape index (κ1) is 13.8. The van der Waals surface area contributed by atoms with Crippen LogP contribution in [0.2, 0.25) is 0 Å². The minimum Gasteiger partial charge on any atom is -0.494 e. The van der Waals surface area contributed by atoms with Gasteiger partial charge in [0.25, 0.3) is 0 Å². The van der Waals surface area contributed by atoms with Crippen LogP contribution in [-0.2, 0) is 5.60 Å². The Morgan fingerprint density at radius 1 is 1.22 bits per heavy atom. The largest absolute Gasteiger partial charge is 0.494 e. The van der Waals surface area contributed by atoms with Crippen LogP contribution in [0.15, 0.2) is 24.3 Å². The molecule has 2 rings (SSSR count). The Bertz CT molecular complexity index is 399. The summed E-state index contributed by atoms with van der Waals surface area (Å²) >= 11 is 1.84. The molecule has 3 heteroatoms. The van der Waals surface area contributed by atoms with E-state index in [4.69, 9.17) is 4.74 Å². The summed E-state index contributed by atoms with van der Waals surface area (Å²) in [5.74, 6) is 2.77. The Morgan fingerprint density at radius 3 is 2.44 bits per heavy atom. The third-order valence-electron chi connectivity index (χ3n) is 3.31. The second-order valence-corrected chi connectivity index (χ2v) is 6.81. The zero-order valence-corrected chi connectivity index (χ0v) is 12.2. The number of hydrogen-bond acceptors (Lipinski definition) is 3. The fraction of sp³-hybridized carbons (Fsp3) is 0.600. The molecule has 0 spiro atoms. The van der Waals surface area contributed by atoms with E-state index in [-0.39, 0.29) is 5.41 Å². The maximum absolute atomic E-state index is 10.8. The minimum atomic E-state index is -0.697. The monoisotopic (exact) mass is 266 g/mol. The van der Waals surface area contributed by atoms with E-state index in [0.29, 0.717) is 6.61 Å². The first-order chi connectivity index (χ1) is 8.45. The van der Waals surface area contributed by atoms with Crippen molar-refractivity contribution in [3.8, 4) is 5.75 Å². The van der Waals surface area contributed by atoms with Gasteiger partial charge in [-0.05, 0) is 42.2 Å². The van der Waals surface area contributed by atoms with Crippen LogP contribution >= 0.6 is 11.8 Å². The van der Waals surface area contributed by atoms with Gasteiger partial charge in [-0.1, -0.05) is 26.0 Å². The molecule has 1 aromatic carbocycles. The van der Waals surface area contributed by atoms with Crippen LogP contribution in [-0.4, -0.2) is 23.2 Å². The highest BCUT2D eigenvalue weighted by Gasteiger charge is 2.40. The highest BCUT2D eigenvalue weighted by molar-refractivity contribution is 7.99. The van der Waals surface area contributed by atoms with Crippen molar-refractivity contribution in [2.45, 2.75) is 32.8 Å². The van der Waals surface area contributed by atoms with E-state index in [1.165, 1.54) is 0 Å². The maximum Gasteiger partial charge on any atom is 0.119 e. The Balaban J connectivity index is 2.19. The Hall–Kier alpha value is -0.670. The van der Waals surface area contributed by atoms with E-state index in [2.05, 4.69) is 13.8 Å². The second kappa shape index (κ2) is 5.14. The van der Waals surface area contributed by atoms with Crippen LogP contribution < -0.4 is 4.74 Å². The number of ether oxygens (including phenoxy) is 1. The SMILES string of the molecule is CCOc1ccc(C2(O)CSCC(C)(C)C2)cc1. The molecule has 1 atom stereocenters. The molecule has 100 valence electrons. The molecule has 1 fully saturated rings. The number of thioether (sulfide) groups is 1. The Labute approximate surface area is 114 Å². The van der Waals surface area contributed by atoms with Gasteiger partial charge in [0.15, 0.2) is 0 Å². The smallest absolute Gasteiger partial charge is 0.119 e. The van der Waals surface area contributed by atoms with Crippen LogP contribution in [0.3, 0.4) is 0 Å². The highest BCUT2D eigenvalue weighted by atomic mass is 32.2.